The lowest BCUT2D eigenvalue weighted by molar-refractivity contribution is 0.0835. The van der Waals surface area contributed by atoms with Gasteiger partial charge in [0.25, 0.3) is 0 Å². The van der Waals surface area contributed by atoms with Crippen LogP contribution in [0.5, 0.6) is 11.5 Å². The van der Waals surface area contributed by atoms with Crippen molar-refractivity contribution in [1.29, 1.82) is 0 Å². The van der Waals surface area contributed by atoms with E-state index >= 15 is 0 Å². The molecule has 3 aromatic rings. The molecule has 0 bridgehead atoms. The highest BCUT2D eigenvalue weighted by Gasteiger charge is 2.14. The van der Waals surface area contributed by atoms with E-state index in [1.807, 2.05) is 24.3 Å². The zero-order valence-corrected chi connectivity index (χ0v) is 17.0. The number of aromatic nitrogens is 4. The molecule has 1 heterocycles. The number of nitrogens with zero attached hydrogens (tertiary/aromatic N) is 4. The number of methoxy groups -OCH3 is 1. The highest BCUT2D eigenvalue weighted by Crippen LogP contribution is 2.28. The maximum absolute atomic E-state index is 11.5. The minimum atomic E-state index is -0.857. The first-order chi connectivity index (χ1) is 13.5. The number of ether oxygens (including phenoxy) is 2. The Morgan fingerprint density at radius 2 is 1.96 bits per heavy atom. The van der Waals surface area contributed by atoms with Crippen molar-refractivity contribution >= 4 is 21.7 Å². The summed E-state index contributed by atoms with van der Waals surface area (Å²) < 4.78 is 11.8. The first-order valence-corrected chi connectivity index (χ1v) is 9.29. The van der Waals surface area contributed by atoms with E-state index in [1.54, 1.807) is 18.2 Å². The van der Waals surface area contributed by atoms with Crippen LogP contribution in [0.25, 0.3) is 11.4 Å². The average Bonchev–Trinajstić information content (AvgIpc) is 3.15. The van der Waals surface area contributed by atoms with Crippen molar-refractivity contribution in [3.05, 3.63) is 52.5 Å². The smallest absolute Gasteiger partial charge is 0.204 e. The van der Waals surface area contributed by atoms with E-state index < -0.39 is 6.10 Å². The monoisotopic (exact) mass is 446 g/mol. The van der Waals surface area contributed by atoms with E-state index in [2.05, 4.69) is 31.3 Å². The highest BCUT2D eigenvalue weighted by molar-refractivity contribution is 9.10. The van der Waals surface area contributed by atoms with Crippen molar-refractivity contribution in [2.24, 2.45) is 0 Å². The molecule has 0 aliphatic heterocycles. The van der Waals surface area contributed by atoms with Gasteiger partial charge in [0.15, 0.2) is 17.3 Å². The van der Waals surface area contributed by atoms with Gasteiger partial charge < -0.3 is 14.6 Å². The molecule has 0 saturated heterocycles. The van der Waals surface area contributed by atoms with Gasteiger partial charge in [0, 0.05) is 15.6 Å². The van der Waals surface area contributed by atoms with Crippen LogP contribution in [0.4, 0.5) is 0 Å². The van der Waals surface area contributed by atoms with Crippen LogP contribution in [0.15, 0.2) is 46.9 Å². The fraction of sp³-hybridized carbons (Fsp3) is 0.263. The Balaban J connectivity index is 1.60. The molecule has 0 amide bonds. The molecule has 28 heavy (non-hydrogen) atoms. The first-order valence-electron chi connectivity index (χ1n) is 8.50. The number of hydrogen-bond donors (Lipinski definition) is 1. The lowest BCUT2D eigenvalue weighted by Crippen LogP contribution is -2.25. The standard InChI is InChI=1S/C19H19BrN4O4/c1-12(25)14-5-8-17(18(9-14)27-2)28-11-16(26)10-24-22-19(21-23-24)13-3-6-15(20)7-4-13/h3-9,16,26H,10-11H2,1-2H3/t16-/m1/s1. The number of aliphatic hydroxyl groups is 1. The quantitative estimate of drug-likeness (QED) is 0.530. The lowest BCUT2D eigenvalue weighted by Gasteiger charge is -2.14. The summed E-state index contributed by atoms with van der Waals surface area (Å²) in [5.41, 5.74) is 1.35. The summed E-state index contributed by atoms with van der Waals surface area (Å²) in [5.74, 6) is 1.27. The first kappa shape index (κ1) is 20.0. The molecule has 0 aliphatic carbocycles. The number of hydrogen-bond acceptors (Lipinski definition) is 7. The van der Waals surface area contributed by atoms with E-state index in [1.165, 1.54) is 18.8 Å². The fourth-order valence-corrected chi connectivity index (χ4v) is 2.73. The second kappa shape index (κ2) is 8.94. The number of tetrazole rings is 1. The van der Waals surface area contributed by atoms with Crippen LogP contribution in [-0.4, -0.2) is 50.9 Å². The van der Waals surface area contributed by atoms with Crippen LogP contribution in [0, 0.1) is 0 Å². The van der Waals surface area contributed by atoms with Crippen LogP contribution in [0.2, 0.25) is 0 Å². The third-order valence-electron chi connectivity index (χ3n) is 3.93. The summed E-state index contributed by atoms with van der Waals surface area (Å²) in [6, 6.07) is 12.4. The van der Waals surface area contributed by atoms with E-state index in [-0.39, 0.29) is 18.9 Å². The molecule has 3 rings (SSSR count). The third-order valence-corrected chi connectivity index (χ3v) is 4.46. The van der Waals surface area contributed by atoms with E-state index in [9.17, 15) is 9.90 Å². The Bertz CT molecular complexity index is 959. The number of aliphatic hydroxyl groups excluding tert-OH is 1. The van der Waals surface area contributed by atoms with Crippen LogP contribution in [-0.2, 0) is 6.54 Å². The molecular formula is C19H19BrN4O4. The maximum Gasteiger partial charge on any atom is 0.204 e. The Morgan fingerprint density at radius 3 is 2.64 bits per heavy atom. The second-order valence-corrected chi connectivity index (χ2v) is 6.98. The van der Waals surface area contributed by atoms with Gasteiger partial charge >= 0.3 is 0 Å². The molecular weight excluding hydrogens is 428 g/mol. The van der Waals surface area contributed by atoms with Gasteiger partial charge in [-0.2, -0.15) is 4.80 Å². The summed E-state index contributed by atoms with van der Waals surface area (Å²) in [6.45, 7) is 1.61. The summed E-state index contributed by atoms with van der Waals surface area (Å²) in [4.78, 5) is 12.8. The number of ketones is 1. The average molecular weight is 447 g/mol. The molecule has 0 aliphatic rings. The molecule has 0 saturated carbocycles. The predicted octanol–water partition coefficient (Wildman–Crippen LogP) is 2.75. The third kappa shape index (κ3) is 4.93. The van der Waals surface area contributed by atoms with Crippen molar-refractivity contribution in [2.75, 3.05) is 13.7 Å². The highest BCUT2D eigenvalue weighted by atomic mass is 79.9. The summed E-state index contributed by atoms with van der Waals surface area (Å²) in [6.07, 6.45) is -0.857. The van der Waals surface area contributed by atoms with Crippen LogP contribution in [0.1, 0.15) is 17.3 Å². The van der Waals surface area contributed by atoms with Gasteiger partial charge in [-0.25, -0.2) is 0 Å². The predicted molar refractivity (Wildman–Crippen MR) is 105 cm³/mol. The van der Waals surface area contributed by atoms with Crippen molar-refractivity contribution in [2.45, 2.75) is 19.6 Å². The molecule has 1 aromatic heterocycles. The number of rotatable bonds is 8. The number of carbonyl (C=O) groups excluding carboxylic acids is 1. The summed E-state index contributed by atoms with van der Waals surface area (Å²) in [5, 5.41) is 22.5. The molecule has 2 aromatic carbocycles. The SMILES string of the molecule is COc1cc(C(C)=O)ccc1OC[C@H](O)Cn1nnc(-c2ccc(Br)cc2)n1. The second-order valence-electron chi connectivity index (χ2n) is 6.06. The van der Waals surface area contributed by atoms with Crippen LogP contribution < -0.4 is 9.47 Å². The topological polar surface area (TPSA) is 99.4 Å². The number of Topliss-reactive ketones (excluding diaryl/α,β-unsaturated/α-hetero) is 1. The largest absolute Gasteiger partial charge is 0.493 e. The lowest BCUT2D eigenvalue weighted by atomic mass is 10.1. The van der Waals surface area contributed by atoms with E-state index in [0.29, 0.717) is 22.9 Å². The van der Waals surface area contributed by atoms with Gasteiger partial charge in [-0.3, -0.25) is 4.79 Å². The Hall–Kier alpha value is -2.78. The zero-order valence-electron chi connectivity index (χ0n) is 15.4. The Labute approximate surface area is 170 Å². The Morgan fingerprint density at radius 1 is 1.21 bits per heavy atom. The molecule has 0 fully saturated rings. The minimum absolute atomic E-state index is 0.00490. The van der Waals surface area contributed by atoms with Crippen LogP contribution >= 0.6 is 15.9 Å². The van der Waals surface area contributed by atoms with E-state index in [0.717, 1.165) is 10.0 Å². The number of carbonyl (C=O) groups is 1. The molecule has 0 unspecified atom stereocenters. The van der Waals surface area contributed by atoms with Gasteiger partial charge in [-0.15, -0.1) is 10.2 Å². The van der Waals surface area contributed by atoms with Crippen molar-refractivity contribution in [1.82, 2.24) is 20.2 Å². The molecule has 0 spiro atoms. The molecule has 1 atom stereocenters. The van der Waals surface area contributed by atoms with Gasteiger partial charge in [-0.1, -0.05) is 15.9 Å². The molecule has 9 heteroatoms. The van der Waals surface area contributed by atoms with Crippen molar-refractivity contribution < 1.29 is 19.4 Å². The van der Waals surface area contributed by atoms with Gasteiger partial charge in [0.05, 0.1) is 13.7 Å². The van der Waals surface area contributed by atoms with Gasteiger partial charge in [0.2, 0.25) is 5.82 Å². The van der Waals surface area contributed by atoms with Gasteiger partial charge in [0.1, 0.15) is 12.7 Å². The molecule has 1 N–H and O–H groups in total. The molecule has 0 radical (unpaired) electrons. The summed E-state index contributed by atoms with van der Waals surface area (Å²) in [7, 11) is 1.49. The normalized spacial score (nSPS) is 11.9. The molecule has 8 nitrogen and oxygen atoms in total. The van der Waals surface area contributed by atoms with Gasteiger partial charge in [-0.05, 0) is 54.6 Å². The van der Waals surface area contributed by atoms with Crippen molar-refractivity contribution in [3.8, 4) is 22.9 Å². The van der Waals surface area contributed by atoms with E-state index in [4.69, 9.17) is 9.47 Å². The summed E-state index contributed by atoms with van der Waals surface area (Å²) >= 11 is 3.38. The zero-order chi connectivity index (χ0) is 20.1. The fourth-order valence-electron chi connectivity index (χ4n) is 2.47. The van der Waals surface area contributed by atoms with Crippen LogP contribution in [0.3, 0.4) is 0 Å². The minimum Gasteiger partial charge on any atom is -0.493 e. The molecule has 146 valence electrons. The van der Waals surface area contributed by atoms with Crippen molar-refractivity contribution in [3.63, 3.8) is 0 Å². The Kier molecular flexibility index (Phi) is 6.37. The number of halogens is 1. The number of benzene rings is 2. The maximum atomic E-state index is 11.5.